The van der Waals surface area contributed by atoms with Crippen molar-refractivity contribution in [1.82, 2.24) is 9.62 Å². The minimum atomic E-state index is -3.69. The van der Waals surface area contributed by atoms with Crippen molar-refractivity contribution in [3.8, 4) is 5.75 Å². The molecule has 2 aromatic rings. The standard InChI is InChI=1S/C21H24F2N2O4S/c1-15-6-2-3-11-25(15)30(27,28)19-10-5-8-17(13-19)20(26)24-14-16-7-4-9-18(12-16)29-21(22)23/h4-5,7-10,12-13,15,21H,2-3,6,11,14H2,1H3,(H,24,26). The highest BCUT2D eigenvalue weighted by molar-refractivity contribution is 7.89. The molecule has 1 atom stereocenters. The topological polar surface area (TPSA) is 75.7 Å². The highest BCUT2D eigenvalue weighted by Gasteiger charge is 2.31. The number of ether oxygens (including phenoxy) is 1. The molecule has 1 aliphatic rings. The number of nitrogens with one attached hydrogen (secondary N) is 1. The lowest BCUT2D eigenvalue weighted by Crippen LogP contribution is -2.42. The van der Waals surface area contributed by atoms with Gasteiger partial charge in [-0.2, -0.15) is 13.1 Å². The Morgan fingerprint density at radius 3 is 2.70 bits per heavy atom. The molecule has 1 heterocycles. The van der Waals surface area contributed by atoms with E-state index in [1.165, 1.54) is 40.7 Å². The summed E-state index contributed by atoms with van der Waals surface area (Å²) in [6, 6.07) is 11.9. The molecule has 30 heavy (non-hydrogen) atoms. The van der Waals surface area contributed by atoms with E-state index in [0.29, 0.717) is 12.1 Å². The number of alkyl halides is 2. The van der Waals surface area contributed by atoms with Gasteiger partial charge >= 0.3 is 6.61 Å². The molecule has 2 aromatic carbocycles. The molecule has 0 aliphatic carbocycles. The zero-order valence-corrected chi connectivity index (χ0v) is 17.4. The van der Waals surface area contributed by atoms with Gasteiger partial charge in [0.15, 0.2) is 0 Å². The molecule has 0 aromatic heterocycles. The van der Waals surface area contributed by atoms with E-state index in [1.54, 1.807) is 12.1 Å². The number of piperidine rings is 1. The Morgan fingerprint density at radius 1 is 1.20 bits per heavy atom. The number of amides is 1. The number of sulfonamides is 1. The Hall–Kier alpha value is -2.52. The Kier molecular flexibility index (Phi) is 7.04. The van der Waals surface area contributed by atoms with Gasteiger partial charge in [0.05, 0.1) is 4.90 Å². The third kappa shape index (κ3) is 5.34. The molecule has 1 N–H and O–H groups in total. The van der Waals surface area contributed by atoms with Crippen LogP contribution in [0.3, 0.4) is 0 Å². The maximum absolute atomic E-state index is 13.0. The van der Waals surface area contributed by atoms with Gasteiger partial charge in [0.2, 0.25) is 10.0 Å². The number of hydrogen-bond acceptors (Lipinski definition) is 4. The van der Waals surface area contributed by atoms with Crippen LogP contribution < -0.4 is 10.1 Å². The van der Waals surface area contributed by atoms with Gasteiger partial charge in [0, 0.05) is 24.7 Å². The van der Waals surface area contributed by atoms with E-state index in [9.17, 15) is 22.0 Å². The van der Waals surface area contributed by atoms with E-state index in [0.717, 1.165) is 19.3 Å². The molecule has 1 fully saturated rings. The molecule has 0 spiro atoms. The first-order valence-electron chi connectivity index (χ1n) is 9.71. The van der Waals surface area contributed by atoms with Gasteiger partial charge in [-0.1, -0.05) is 24.6 Å². The van der Waals surface area contributed by atoms with Crippen molar-refractivity contribution in [2.24, 2.45) is 0 Å². The first-order valence-corrected chi connectivity index (χ1v) is 11.2. The Labute approximate surface area is 174 Å². The van der Waals surface area contributed by atoms with Crippen LogP contribution in [-0.4, -0.2) is 37.8 Å². The number of carbonyl (C=O) groups is 1. The van der Waals surface area contributed by atoms with Crippen molar-refractivity contribution < 1.29 is 26.7 Å². The van der Waals surface area contributed by atoms with Crippen LogP contribution in [0.2, 0.25) is 0 Å². The van der Waals surface area contributed by atoms with Crippen LogP contribution in [0.5, 0.6) is 5.75 Å². The van der Waals surface area contributed by atoms with Crippen molar-refractivity contribution in [3.63, 3.8) is 0 Å². The predicted molar refractivity (Wildman–Crippen MR) is 108 cm³/mol. The first-order chi connectivity index (χ1) is 14.3. The van der Waals surface area contributed by atoms with E-state index in [4.69, 9.17) is 0 Å². The second-order valence-corrected chi connectivity index (χ2v) is 9.09. The molecule has 1 saturated heterocycles. The summed E-state index contributed by atoms with van der Waals surface area (Å²) in [5.41, 5.74) is 0.785. The van der Waals surface area contributed by atoms with E-state index in [-0.39, 0.29) is 28.8 Å². The average molecular weight is 438 g/mol. The summed E-state index contributed by atoms with van der Waals surface area (Å²) in [6.45, 7) is -0.489. The molecule has 3 rings (SSSR count). The fraction of sp³-hybridized carbons (Fsp3) is 0.381. The van der Waals surface area contributed by atoms with Gasteiger partial charge in [-0.25, -0.2) is 8.42 Å². The van der Waals surface area contributed by atoms with Crippen LogP contribution >= 0.6 is 0 Å². The lowest BCUT2D eigenvalue weighted by atomic mass is 10.1. The Morgan fingerprint density at radius 2 is 1.97 bits per heavy atom. The van der Waals surface area contributed by atoms with Crippen LogP contribution in [0.1, 0.15) is 42.1 Å². The van der Waals surface area contributed by atoms with Gasteiger partial charge in [-0.15, -0.1) is 0 Å². The van der Waals surface area contributed by atoms with Gasteiger partial charge < -0.3 is 10.1 Å². The van der Waals surface area contributed by atoms with E-state index < -0.39 is 22.5 Å². The van der Waals surface area contributed by atoms with Crippen molar-refractivity contribution in [2.45, 2.75) is 50.3 Å². The zero-order chi connectivity index (χ0) is 21.7. The molecule has 1 unspecified atom stereocenters. The van der Waals surface area contributed by atoms with Crippen LogP contribution in [0.15, 0.2) is 53.4 Å². The molecule has 0 radical (unpaired) electrons. The summed E-state index contributed by atoms with van der Waals surface area (Å²) >= 11 is 0. The number of carbonyl (C=O) groups excluding carboxylic acids is 1. The van der Waals surface area contributed by atoms with Gasteiger partial charge in [0.25, 0.3) is 5.91 Å². The Balaban J connectivity index is 1.70. The normalized spacial score (nSPS) is 17.7. The second-order valence-electron chi connectivity index (χ2n) is 7.20. The third-order valence-electron chi connectivity index (χ3n) is 5.02. The van der Waals surface area contributed by atoms with Crippen LogP contribution in [0.25, 0.3) is 0 Å². The minimum absolute atomic E-state index is 0.000455. The molecule has 1 aliphatic heterocycles. The number of hydrogen-bond donors (Lipinski definition) is 1. The fourth-order valence-electron chi connectivity index (χ4n) is 3.48. The van der Waals surface area contributed by atoms with E-state index >= 15 is 0 Å². The van der Waals surface area contributed by atoms with Gasteiger partial charge in [-0.3, -0.25) is 4.79 Å². The van der Waals surface area contributed by atoms with E-state index in [1.807, 2.05) is 6.92 Å². The van der Waals surface area contributed by atoms with Gasteiger partial charge in [0.1, 0.15) is 5.75 Å². The summed E-state index contributed by atoms with van der Waals surface area (Å²) in [6.07, 6.45) is 2.63. The predicted octanol–water partition coefficient (Wildman–Crippen LogP) is 3.78. The van der Waals surface area contributed by atoms with Crippen LogP contribution in [0.4, 0.5) is 8.78 Å². The maximum atomic E-state index is 13.0. The minimum Gasteiger partial charge on any atom is -0.435 e. The lowest BCUT2D eigenvalue weighted by molar-refractivity contribution is -0.0498. The highest BCUT2D eigenvalue weighted by atomic mass is 32.2. The van der Waals surface area contributed by atoms with Crippen molar-refractivity contribution in [3.05, 3.63) is 59.7 Å². The molecule has 9 heteroatoms. The number of rotatable bonds is 7. The van der Waals surface area contributed by atoms with Crippen molar-refractivity contribution >= 4 is 15.9 Å². The van der Waals surface area contributed by atoms with Crippen LogP contribution in [-0.2, 0) is 16.6 Å². The summed E-state index contributed by atoms with van der Waals surface area (Å²) in [4.78, 5) is 12.6. The van der Waals surface area contributed by atoms with Crippen molar-refractivity contribution in [2.75, 3.05) is 6.54 Å². The molecular formula is C21H24F2N2O4S. The highest BCUT2D eigenvalue weighted by Crippen LogP contribution is 2.25. The lowest BCUT2D eigenvalue weighted by Gasteiger charge is -2.32. The number of halogens is 2. The zero-order valence-electron chi connectivity index (χ0n) is 16.6. The van der Waals surface area contributed by atoms with Crippen LogP contribution in [0, 0.1) is 0 Å². The molecule has 6 nitrogen and oxygen atoms in total. The smallest absolute Gasteiger partial charge is 0.387 e. The fourth-order valence-corrected chi connectivity index (χ4v) is 5.22. The summed E-state index contributed by atoms with van der Waals surface area (Å²) in [5.74, 6) is -0.459. The monoisotopic (exact) mass is 438 g/mol. The SMILES string of the molecule is CC1CCCCN1S(=O)(=O)c1cccc(C(=O)NCc2cccc(OC(F)F)c2)c1. The average Bonchev–Trinajstić information content (AvgIpc) is 2.72. The van der Waals surface area contributed by atoms with Crippen molar-refractivity contribution in [1.29, 1.82) is 0 Å². The molecular weight excluding hydrogens is 414 g/mol. The Bertz CT molecular complexity index is 998. The maximum Gasteiger partial charge on any atom is 0.387 e. The largest absolute Gasteiger partial charge is 0.435 e. The summed E-state index contributed by atoms with van der Waals surface area (Å²) < 4.78 is 56.5. The number of nitrogens with zero attached hydrogens (tertiary/aromatic N) is 1. The second kappa shape index (κ2) is 9.53. The summed E-state index contributed by atoms with van der Waals surface area (Å²) in [7, 11) is -3.69. The molecule has 0 bridgehead atoms. The number of benzene rings is 2. The molecule has 0 saturated carbocycles. The summed E-state index contributed by atoms with van der Waals surface area (Å²) in [5, 5.41) is 2.67. The van der Waals surface area contributed by atoms with Gasteiger partial charge in [-0.05, 0) is 55.7 Å². The first kappa shape index (κ1) is 22.2. The van der Waals surface area contributed by atoms with E-state index in [2.05, 4.69) is 10.1 Å². The quantitative estimate of drug-likeness (QED) is 0.714. The molecule has 1 amide bonds. The molecule has 162 valence electrons. The third-order valence-corrected chi connectivity index (χ3v) is 7.03.